The van der Waals surface area contributed by atoms with Gasteiger partial charge in [0.05, 0.1) is 5.69 Å². The van der Waals surface area contributed by atoms with Gasteiger partial charge >= 0.3 is 0 Å². The number of hydrogen-bond donors (Lipinski definition) is 2. The molecule has 6 heteroatoms. The number of anilines is 1. The van der Waals surface area contributed by atoms with Crippen LogP contribution in [-0.2, 0) is 11.8 Å². The van der Waals surface area contributed by atoms with Crippen molar-refractivity contribution in [2.75, 3.05) is 5.32 Å². The van der Waals surface area contributed by atoms with Crippen molar-refractivity contribution in [3.8, 4) is 16.9 Å². The number of amides is 1. The van der Waals surface area contributed by atoms with E-state index in [9.17, 15) is 9.59 Å². The number of H-pyrrole nitrogens is 1. The molecular weight excluding hydrogens is 294 g/mol. The molecule has 0 bridgehead atoms. The van der Waals surface area contributed by atoms with Crippen molar-refractivity contribution in [3.05, 3.63) is 47.0 Å². The number of nitrogens with one attached hydrogen (secondary N) is 2. The summed E-state index contributed by atoms with van der Waals surface area (Å²) in [5.41, 5.74) is 3.02. The first-order chi connectivity index (χ1) is 11.0. The third-order valence-corrected chi connectivity index (χ3v) is 4.12. The second-order valence-electron chi connectivity index (χ2n) is 5.69. The number of fused-ring (bicyclic) bond motifs is 2. The third kappa shape index (κ3) is 2.03. The maximum absolute atomic E-state index is 12.1. The van der Waals surface area contributed by atoms with Gasteiger partial charge in [-0.1, -0.05) is 6.07 Å². The summed E-state index contributed by atoms with van der Waals surface area (Å²) in [6.45, 7) is 1.71. The van der Waals surface area contributed by atoms with Gasteiger partial charge in [-0.3, -0.25) is 9.59 Å². The molecule has 2 N–H and O–H groups in total. The van der Waals surface area contributed by atoms with Crippen LogP contribution in [0, 0.1) is 0 Å². The molecule has 3 aromatic rings. The number of aryl methyl sites for hydroxylation is 1. The quantitative estimate of drug-likeness (QED) is 0.724. The largest absolute Gasteiger partial charge is 0.479 e. The van der Waals surface area contributed by atoms with Crippen LogP contribution in [0.5, 0.6) is 5.75 Å². The summed E-state index contributed by atoms with van der Waals surface area (Å²) in [7, 11) is 1.73. The molecule has 0 saturated carbocycles. The molecule has 4 rings (SSSR count). The smallest absolute Gasteiger partial charge is 0.274 e. The fourth-order valence-electron chi connectivity index (χ4n) is 2.87. The molecule has 2 aromatic heterocycles. The zero-order valence-corrected chi connectivity index (χ0v) is 12.7. The van der Waals surface area contributed by atoms with Crippen LogP contribution in [0.1, 0.15) is 6.92 Å². The summed E-state index contributed by atoms with van der Waals surface area (Å²) in [5, 5.41) is 3.68. The van der Waals surface area contributed by atoms with Gasteiger partial charge < -0.3 is 19.6 Å². The molecule has 0 radical (unpaired) electrons. The van der Waals surface area contributed by atoms with Crippen LogP contribution in [0.25, 0.3) is 22.0 Å². The zero-order chi connectivity index (χ0) is 16.1. The van der Waals surface area contributed by atoms with E-state index in [2.05, 4.69) is 10.3 Å². The van der Waals surface area contributed by atoms with Crippen molar-refractivity contribution in [1.29, 1.82) is 0 Å². The Hall–Kier alpha value is -3.02. The molecule has 3 heterocycles. The Morgan fingerprint density at radius 1 is 1.22 bits per heavy atom. The van der Waals surface area contributed by atoms with E-state index >= 15 is 0 Å². The summed E-state index contributed by atoms with van der Waals surface area (Å²) in [4.78, 5) is 26.8. The van der Waals surface area contributed by atoms with Crippen LogP contribution in [0.2, 0.25) is 0 Å². The Balaban J connectivity index is 1.91. The van der Waals surface area contributed by atoms with Crippen molar-refractivity contribution in [2.45, 2.75) is 13.0 Å². The summed E-state index contributed by atoms with van der Waals surface area (Å²) in [6, 6.07) is 7.50. The topological polar surface area (TPSA) is 76.1 Å². The van der Waals surface area contributed by atoms with E-state index in [1.165, 1.54) is 0 Å². The van der Waals surface area contributed by atoms with Gasteiger partial charge in [0, 0.05) is 30.4 Å². The van der Waals surface area contributed by atoms with E-state index in [-0.39, 0.29) is 11.5 Å². The maximum atomic E-state index is 12.1. The van der Waals surface area contributed by atoms with Crippen molar-refractivity contribution in [1.82, 2.24) is 9.55 Å². The van der Waals surface area contributed by atoms with Crippen LogP contribution < -0.4 is 15.6 Å². The standard InChI is InChI=1S/C17H15N3O3/c1-9-16(21)19-13-4-3-10(7-14(13)23-9)12-8-20(2)17(22)15-11(12)5-6-18-15/h3-9,18H,1-2H3,(H,19,21). The molecule has 1 aliphatic rings. The Morgan fingerprint density at radius 2 is 2.04 bits per heavy atom. The predicted octanol–water partition coefficient (Wildman–Crippen LogP) is 2.25. The molecule has 0 aliphatic carbocycles. The van der Waals surface area contributed by atoms with Crippen molar-refractivity contribution >= 4 is 22.5 Å². The van der Waals surface area contributed by atoms with Gasteiger partial charge in [0.2, 0.25) is 0 Å². The van der Waals surface area contributed by atoms with Crippen molar-refractivity contribution in [3.63, 3.8) is 0 Å². The number of aromatic amines is 1. The molecule has 1 aliphatic heterocycles. The molecule has 1 aromatic carbocycles. The molecule has 1 unspecified atom stereocenters. The minimum atomic E-state index is -0.523. The number of carbonyl (C=O) groups is 1. The average Bonchev–Trinajstić information content (AvgIpc) is 3.01. The van der Waals surface area contributed by atoms with Crippen LogP contribution in [0.3, 0.4) is 0 Å². The van der Waals surface area contributed by atoms with E-state index in [0.717, 1.165) is 16.5 Å². The highest BCUT2D eigenvalue weighted by atomic mass is 16.5. The van der Waals surface area contributed by atoms with E-state index < -0.39 is 6.10 Å². The van der Waals surface area contributed by atoms with Gasteiger partial charge in [-0.05, 0) is 30.7 Å². The van der Waals surface area contributed by atoms with E-state index in [1.54, 1.807) is 24.7 Å². The highest BCUT2D eigenvalue weighted by Crippen LogP contribution is 2.35. The first kappa shape index (κ1) is 13.6. The molecule has 0 fully saturated rings. The number of pyridine rings is 1. The summed E-state index contributed by atoms with van der Waals surface area (Å²) >= 11 is 0. The molecule has 6 nitrogen and oxygen atoms in total. The Bertz CT molecular complexity index is 1000. The number of nitrogens with zero attached hydrogens (tertiary/aromatic N) is 1. The first-order valence-corrected chi connectivity index (χ1v) is 7.33. The number of hydrogen-bond acceptors (Lipinski definition) is 3. The van der Waals surface area contributed by atoms with Gasteiger partial charge in [-0.2, -0.15) is 0 Å². The van der Waals surface area contributed by atoms with Gasteiger partial charge in [0.1, 0.15) is 11.3 Å². The number of benzene rings is 1. The van der Waals surface area contributed by atoms with Gasteiger partial charge in [-0.25, -0.2) is 0 Å². The fraction of sp³-hybridized carbons (Fsp3) is 0.176. The highest BCUT2D eigenvalue weighted by Gasteiger charge is 2.24. The van der Waals surface area contributed by atoms with Gasteiger partial charge in [0.25, 0.3) is 11.5 Å². The Morgan fingerprint density at radius 3 is 2.87 bits per heavy atom. The normalized spacial score (nSPS) is 16.8. The zero-order valence-electron chi connectivity index (χ0n) is 12.7. The molecular formula is C17H15N3O3. The predicted molar refractivity (Wildman–Crippen MR) is 87.7 cm³/mol. The summed E-state index contributed by atoms with van der Waals surface area (Å²) in [6.07, 6.45) is 3.04. The van der Waals surface area contributed by atoms with Crippen molar-refractivity contribution in [2.24, 2.45) is 7.05 Å². The summed E-state index contributed by atoms with van der Waals surface area (Å²) < 4.78 is 7.22. The Labute approximate surface area is 131 Å². The number of ether oxygens (including phenoxy) is 1. The minimum Gasteiger partial charge on any atom is -0.479 e. The lowest BCUT2D eigenvalue weighted by atomic mass is 10.0. The minimum absolute atomic E-state index is 0.0659. The maximum Gasteiger partial charge on any atom is 0.274 e. The summed E-state index contributed by atoms with van der Waals surface area (Å²) in [5.74, 6) is 0.479. The number of carbonyl (C=O) groups excluding carboxylic acids is 1. The molecule has 116 valence electrons. The van der Waals surface area contributed by atoms with E-state index in [1.807, 2.05) is 30.5 Å². The van der Waals surface area contributed by atoms with Crippen LogP contribution in [0.15, 0.2) is 41.5 Å². The monoisotopic (exact) mass is 309 g/mol. The fourth-order valence-corrected chi connectivity index (χ4v) is 2.87. The number of rotatable bonds is 1. The lowest BCUT2D eigenvalue weighted by Gasteiger charge is -2.23. The van der Waals surface area contributed by atoms with Crippen LogP contribution in [-0.4, -0.2) is 21.6 Å². The van der Waals surface area contributed by atoms with Gasteiger partial charge in [0.15, 0.2) is 6.10 Å². The molecule has 0 spiro atoms. The average molecular weight is 309 g/mol. The molecule has 0 saturated heterocycles. The van der Waals surface area contributed by atoms with Crippen LogP contribution in [0.4, 0.5) is 5.69 Å². The molecule has 1 amide bonds. The second-order valence-corrected chi connectivity index (χ2v) is 5.69. The van der Waals surface area contributed by atoms with E-state index in [4.69, 9.17) is 4.74 Å². The third-order valence-electron chi connectivity index (χ3n) is 4.12. The second kappa shape index (κ2) is 4.74. The molecule has 1 atom stereocenters. The first-order valence-electron chi connectivity index (χ1n) is 7.33. The van der Waals surface area contributed by atoms with Crippen molar-refractivity contribution < 1.29 is 9.53 Å². The van der Waals surface area contributed by atoms with Gasteiger partial charge in [-0.15, -0.1) is 0 Å². The lowest BCUT2D eigenvalue weighted by Crippen LogP contribution is -2.34. The number of aromatic nitrogens is 2. The van der Waals surface area contributed by atoms with E-state index in [0.29, 0.717) is 17.0 Å². The SMILES string of the molecule is CC1Oc2cc(-c3cn(C)c(=O)c4[nH]ccc34)ccc2NC1=O. The highest BCUT2D eigenvalue weighted by molar-refractivity contribution is 5.99. The molecule has 23 heavy (non-hydrogen) atoms. The Kier molecular flexibility index (Phi) is 2.81. The lowest BCUT2D eigenvalue weighted by molar-refractivity contribution is -0.122. The van der Waals surface area contributed by atoms with Crippen LogP contribution >= 0.6 is 0 Å².